The zero-order valence-corrected chi connectivity index (χ0v) is 15.4. The molecule has 0 aliphatic rings. The standard InChI is InChI=1S/C19H22N2O4S/c1-2-20-19(24)21-18(23)17(14-8-4-3-5-9-14)25-16(22)12-6-10-15-11-7-13-26-15/h3-5,7-9,11,13,17H,2,6,10,12H2,1H3,(H2,20,21,23,24)/t17-/m0/s1. The maximum atomic E-state index is 12.4. The maximum Gasteiger partial charge on any atom is 0.321 e. The van der Waals surface area contributed by atoms with Gasteiger partial charge in [0.05, 0.1) is 0 Å². The second kappa shape index (κ2) is 10.4. The zero-order chi connectivity index (χ0) is 18.8. The predicted octanol–water partition coefficient (Wildman–Crippen LogP) is 3.20. The molecule has 0 saturated heterocycles. The molecule has 1 aromatic heterocycles. The van der Waals surface area contributed by atoms with E-state index in [0.717, 1.165) is 6.42 Å². The predicted molar refractivity (Wildman–Crippen MR) is 99.7 cm³/mol. The number of amides is 3. The Morgan fingerprint density at radius 3 is 2.54 bits per heavy atom. The Morgan fingerprint density at radius 2 is 1.88 bits per heavy atom. The Labute approximate surface area is 156 Å². The second-order valence-electron chi connectivity index (χ2n) is 5.56. The highest BCUT2D eigenvalue weighted by Crippen LogP contribution is 2.19. The highest BCUT2D eigenvalue weighted by Gasteiger charge is 2.26. The summed E-state index contributed by atoms with van der Waals surface area (Å²) in [6.07, 6.45) is 0.468. The summed E-state index contributed by atoms with van der Waals surface area (Å²) >= 11 is 1.64. The van der Waals surface area contributed by atoms with E-state index >= 15 is 0 Å². The minimum Gasteiger partial charge on any atom is -0.447 e. The van der Waals surface area contributed by atoms with E-state index in [1.165, 1.54) is 4.88 Å². The minimum atomic E-state index is -1.16. The van der Waals surface area contributed by atoms with Gasteiger partial charge in [-0.05, 0) is 31.2 Å². The molecule has 1 heterocycles. The second-order valence-corrected chi connectivity index (χ2v) is 6.59. The van der Waals surface area contributed by atoms with Gasteiger partial charge in [-0.15, -0.1) is 11.3 Å². The zero-order valence-electron chi connectivity index (χ0n) is 14.6. The van der Waals surface area contributed by atoms with Crippen LogP contribution in [0.4, 0.5) is 4.79 Å². The number of rotatable bonds is 8. The molecular formula is C19H22N2O4S. The molecule has 0 aliphatic carbocycles. The first-order chi connectivity index (χ1) is 12.6. The van der Waals surface area contributed by atoms with Gasteiger partial charge in [0.25, 0.3) is 5.91 Å². The van der Waals surface area contributed by atoms with E-state index in [1.807, 2.05) is 17.5 Å². The molecule has 0 radical (unpaired) electrons. The van der Waals surface area contributed by atoms with Crippen molar-refractivity contribution in [3.63, 3.8) is 0 Å². The molecule has 1 aromatic carbocycles. The number of ether oxygens (including phenoxy) is 1. The molecule has 0 bridgehead atoms. The van der Waals surface area contributed by atoms with Crippen molar-refractivity contribution in [1.82, 2.24) is 10.6 Å². The quantitative estimate of drug-likeness (QED) is 0.695. The topological polar surface area (TPSA) is 84.5 Å². The van der Waals surface area contributed by atoms with E-state index in [9.17, 15) is 14.4 Å². The lowest BCUT2D eigenvalue weighted by Gasteiger charge is -2.17. The van der Waals surface area contributed by atoms with Crippen LogP contribution in [0.3, 0.4) is 0 Å². The minimum absolute atomic E-state index is 0.204. The SMILES string of the molecule is CCNC(=O)NC(=O)[C@@H](OC(=O)CCCc1cccs1)c1ccccc1. The number of carbonyl (C=O) groups excluding carboxylic acids is 3. The summed E-state index contributed by atoms with van der Waals surface area (Å²) < 4.78 is 5.37. The van der Waals surface area contributed by atoms with Crippen molar-refractivity contribution < 1.29 is 19.1 Å². The summed E-state index contributed by atoms with van der Waals surface area (Å²) in [5, 5.41) is 6.67. The van der Waals surface area contributed by atoms with Gasteiger partial charge in [-0.3, -0.25) is 14.9 Å². The molecular weight excluding hydrogens is 352 g/mol. The van der Waals surface area contributed by atoms with Gasteiger partial charge in [-0.2, -0.15) is 0 Å². The molecule has 0 unspecified atom stereocenters. The summed E-state index contributed by atoms with van der Waals surface area (Å²) in [4.78, 5) is 37.3. The van der Waals surface area contributed by atoms with Crippen molar-refractivity contribution in [1.29, 1.82) is 0 Å². The van der Waals surface area contributed by atoms with Gasteiger partial charge in [0, 0.05) is 23.4 Å². The smallest absolute Gasteiger partial charge is 0.321 e. The van der Waals surface area contributed by atoms with Gasteiger partial charge in [0.15, 0.2) is 0 Å². The largest absolute Gasteiger partial charge is 0.447 e. The van der Waals surface area contributed by atoms with Crippen LogP contribution in [0.5, 0.6) is 0 Å². The highest BCUT2D eigenvalue weighted by molar-refractivity contribution is 7.09. The molecule has 0 fully saturated rings. The lowest BCUT2D eigenvalue weighted by Crippen LogP contribution is -2.42. The average Bonchev–Trinajstić information content (AvgIpc) is 3.14. The first-order valence-corrected chi connectivity index (χ1v) is 9.33. The summed E-state index contributed by atoms with van der Waals surface area (Å²) in [5.41, 5.74) is 0.515. The van der Waals surface area contributed by atoms with Crippen LogP contribution in [-0.4, -0.2) is 24.5 Å². The number of hydrogen-bond acceptors (Lipinski definition) is 5. The van der Waals surface area contributed by atoms with Crippen molar-refractivity contribution in [3.05, 3.63) is 58.3 Å². The number of carbonyl (C=O) groups is 3. The van der Waals surface area contributed by atoms with E-state index in [0.29, 0.717) is 18.5 Å². The lowest BCUT2D eigenvalue weighted by molar-refractivity contribution is -0.156. The molecule has 2 aromatic rings. The van der Waals surface area contributed by atoms with E-state index < -0.39 is 24.0 Å². The Morgan fingerprint density at radius 1 is 1.12 bits per heavy atom. The number of imide groups is 1. The molecule has 0 saturated carbocycles. The Hall–Kier alpha value is -2.67. The van der Waals surface area contributed by atoms with E-state index in [4.69, 9.17) is 4.74 Å². The normalized spacial score (nSPS) is 11.4. The van der Waals surface area contributed by atoms with Gasteiger partial charge in [0.2, 0.25) is 6.10 Å². The van der Waals surface area contributed by atoms with E-state index in [1.54, 1.807) is 48.6 Å². The van der Waals surface area contributed by atoms with Crippen LogP contribution >= 0.6 is 11.3 Å². The Balaban J connectivity index is 1.95. The number of thiophene rings is 1. The first-order valence-electron chi connectivity index (χ1n) is 8.45. The van der Waals surface area contributed by atoms with E-state index in [-0.39, 0.29) is 6.42 Å². The molecule has 138 valence electrons. The molecule has 26 heavy (non-hydrogen) atoms. The molecule has 2 rings (SSSR count). The lowest BCUT2D eigenvalue weighted by atomic mass is 10.1. The van der Waals surface area contributed by atoms with Gasteiger partial charge in [0.1, 0.15) is 0 Å². The van der Waals surface area contributed by atoms with Crippen LogP contribution in [-0.2, 0) is 20.7 Å². The van der Waals surface area contributed by atoms with Gasteiger partial charge in [-0.1, -0.05) is 36.4 Å². The van der Waals surface area contributed by atoms with Crippen molar-refractivity contribution in [3.8, 4) is 0 Å². The summed E-state index contributed by atoms with van der Waals surface area (Å²) in [6.45, 7) is 2.13. The van der Waals surface area contributed by atoms with Crippen molar-refractivity contribution in [2.45, 2.75) is 32.3 Å². The van der Waals surface area contributed by atoms with Crippen LogP contribution in [0.1, 0.15) is 36.3 Å². The van der Waals surface area contributed by atoms with Crippen LogP contribution in [0.25, 0.3) is 0 Å². The summed E-state index contributed by atoms with van der Waals surface area (Å²) in [5.74, 6) is -1.14. The number of esters is 1. The first kappa shape index (κ1) is 19.7. The fraction of sp³-hybridized carbons (Fsp3) is 0.316. The fourth-order valence-corrected chi connectivity index (χ4v) is 3.09. The molecule has 1 atom stereocenters. The number of benzene rings is 1. The third-order valence-corrected chi connectivity index (χ3v) is 4.48. The fourth-order valence-electron chi connectivity index (χ4n) is 2.34. The molecule has 0 aliphatic heterocycles. The van der Waals surface area contributed by atoms with Gasteiger partial charge >= 0.3 is 12.0 Å². The van der Waals surface area contributed by atoms with Crippen LogP contribution < -0.4 is 10.6 Å². The van der Waals surface area contributed by atoms with Gasteiger partial charge < -0.3 is 10.1 Å². The van der Waals surface area contributed by atoms with E-state index in [2.05, 4.69) is 10.6 Å². The van der Waals surface area contributed by atoms with Crippen molar-refractivity contribution in [2.24, 2.45) is 0 Å². The Bertz CT molecular complexity index is 716. The number of aryl methyl sites for hydroxylation is 1. The monoisotopic (exact) mass is 374 g/mol. The number of urea groups is 1. The molecule has 2 N–H and O–H groups in total. The number of nitrogens with one attached hydrogen (secondary N) is 2. The Kier molecular flexibility index (Phi) is 7.82. The number of hydrogen-bond donors (Lipinski definition) is 2. The third-order valence-electron chi connectivity index (χ3n) is 3.55. The highest BCUT2D eigenvalue weighted by atomic mass is 32.1. The van der Waals surface area contributed by atoms with Crippen LogP contribution in [0.2, 0.25) is 0 Å². The summed E-state index contributed by atoms with van der Waals surface area (Å²) in [6, 6.07) is 12.0. The third kappa shape index (κ3) is 6.33. The molecule has 6 nitrogen and oxygen atoms in total. The van der Waals surface area contributed by atoms with Crippen molar-refractivity contribution in [2.75, 3.05) is 6.54 Å². The van der Waals surface area contributed by atoms with Crippen molar-refractivity contribution >= 4 is 29.2 Å². The maximum absolute atomic E-state index is 12.4. The van der Waals surface area contributed by atoms with Crippen LogP contribution in [0.15, 0.2) is 47.8 Å². The van der Waals surface area contributed by atoms with Gasteiger partial charge in [-0.25, -0.2) is 4.79 Å². The molecule has 0 spiro atoms. The van der Waals surface area contributed by atoms with Crippen LogP contribution in [0, 0.1) is 0 Å². The molecule has 7 heteroatoms. The molecule has 3 amide bonds. The average molecular weight is 374 g/mol. The summed E-state index contributed by atoms with van der Waals surface area (Å²) in [7, 11) is 0.